The fourth-order valence-electron chi connectivity index (χ4n) is 2.65. The van der Waals surface area contributed by atoms with Crippen LogP contribution in [0.1, 0.15) is 12.0 Å². The van der Waals surface area contributed by atoms with Crippen LogP contribution in [-0.4, -0.2) is 20.9 Å². The van der Waals surface area contributed by atoms with Gasteiger partial charge in [-0.15, -0.1) is 0 Å². The number of fused-ring (bicyclic) bond motifs is 1. The van der Waals surface area contributed by atoms with Crippen molar-refractivity contribution in [1.29, 1.82) is 0 Å². The number of amides is 1. The zero-order chi connectivity index (χ0) is 19.3. The molecule has 2 N–H and O–H groups in total. The molecule has 0 fully saturated rings. The van der Waals surface area contributed by atoms with Gasteiger partial charge in [0.05, 0.1) is 4.90 Å². The zero-order valence-electron chi connectivity index (χ0n) is 14.5. The van der Waals surface area contributed by atoms with E-state index in [0.717, 1.165) is 10.8 Å². The quantitative estimate of drug-likeness (QED) is 0.656. The lowest BCUT2D eigenvalue weighted by Crippen LogP contribution is -2.30. The monoisotopic (exact) mass is 386 g/mol. The van der Waals surface area contributed by atoms with Crippen molar-refractivity contribution in [2.75, 3.05) is 6.54 Å². The van der Waals surface area contributed by atoms with Crippen LogP contribution in [0.2, 0.25) is 0 Å². The predicted octanol–water partition coefficient (Wildman–Crippen LogP) is 2.96. The van der Waals surface area contributed by atoms with E-state index in [-0.39, 0.29) is 36.1 Å². The molecule has 0 heterocycles. The van der Waals surface area contributed by atoms with E-state index in [2.05, 4.69) is 10.0 Å². The number of rotatable bonds is 7. The Bertz CT molecular complexity index is 1070. The Labute approximate surface area is 157 Å². The molecular weight excluding hydrogens is 367 g/mol. The topological polar surface area (TPSA) is 75.3 Å². The molecule has 5 nitrogen and oxygen atoms in total. The van der Waals surface area contributed by atoms with Crippen LogP contribution in [0, 0.1) is 5.82 Å². The third kappa shape index (κ3) is 5.12. The van der Waals surface area contributed by atoms with Gasteiger partial charge < -0.3 is 5.32 Å². The van der Waals surface area contributed by atoms with Gasteiger partial charge in [-0.3, -0.25) is 4.79 Å². The van der Waals surface area contributed by atoms with Gasteiger partial charge in [0, 0.05) is 19.5 Å². The highest BCUT2D eigenvalue weighted by molar-refractivity contribution is 7.89. The van der Waals surface area contributed by atoms with Crippen LogP contribution in [0.25, 0.3) is 10.8 Å². The minimum Gasteiger partial charge on any atom is -0.352 e. The molecule has 3 aromatic carbocycles. The zero-order valence-corrected chi connectivity index (χ0v) is 15.3. The third-order valence-corrected chi connectivity index (χ3v) is 5.51. The first-order chi connectivity index (χ1) is 12.9. The summed E-state index contributed by atoms with van der Waals surface area (Å²) in [6.45, 7) is 0.165. The molecule has 0 aliphatic rings. The van der Waals surface area contributed by atoms with Gasteiger partial charge in [-0.1, -0.05) is 42.5 Å². The molecular formula is C20H19FN2O3S. The van der Waals surface area contributed by atoms with E-state index >= 15 is 0 Å². The molecule has 0 saturated carbocycles. The summed E-state index contributed by atoms with van der Waals surface area (Å²) < 4.78 is 40.3. The van der Waals surface area contributed by atoms with Gasteiger partial charge in [0.25, 0.3) is 0 Å². The summed E-state index contributed by atoms with van der Waals surface area (Å²) in [5.41, 5.74) is 0.639. The van der Waals surface area contributed by atoms with Crippen molar-refractivity contribution in [1.82, 2.24) is 10.0 Å². The minimum atomic E-state index is -3.70. The molecule has 0 unspecified atom stereocenters. The van der Waals surface area contributed by atoms with Crippen molar-refractivity contribution in [3.63, 3.8) is 0 Å². The van der Waals surface area contributed by atoms with Gasteiger partial charge in [0.1, 0.15) is 5.82 Å². The second-order valence-corrected chi connectivity index (χ2v) is 7.83. The molecule has 0 aliphatic carbocycles. The normalized spacial score (nSPS) is 11.4. The lowest BCUT2D eigenvalue weighted by atomic mass is 10.1. The van der Waals surface area contributed by atoms with Crippen molar-refractivity contribution >= 4 is 26.7 Å². The molecule has 0 bridgehead atoms. The standard InChI is InChI=1S/C20H19FN2O3S/c21-18-7-3-4-15(12-18)14-22-20(24)10-11-23-27(25,26)19-9-8-16-5-1-2-6-17(16)13-19/h1-9,12-13,23H,10-11,14H2,(H,22,24). The Morgan fingerprint density at radius 1 is 0.926 bits per heavy atom. The maximum Gasteiger partial charge on any atom is 0.240 e. The van der Waals surface area contributed by atoms with Crippen molar-refractivity contribution in [3.8, 4) is 0 Å². The summed E-state index contributed by atoms with van der Waals surface area (Å²) in [4.78, 5) is 12.0. The van der Waals surface area contributed by atoms with Gasteiger partial charge in [-0.05, 0) is 40.6 Å². The first kappa shape index (κ1) is 19.0. The van der Waals surface area contributed by atoms with Crippen LogP contribution >= 0.6 is 0 Å². The molecule has 140 valence electrons. The van der Waals surface area contributed by atoms with Gasteiger partial charge in [-0.25, -0.2) is 17.5 Å². The number of hydrogen-bond donors (Lipinski definition) is 2. The molecule has 0 aromatic heterocycles. The van der Waals surface area contributed by atoms with Crippen LogP contribution < -0.4 is 10.0 Å². The van der Waals surface area contributed by atoms with Crippen molar-refractivity contribution in [2.24, 2.45) is 0 Å². The van der Waals surface area contributed by atoms with Crippen molar-refractivity contribution < 1.29 is 17.6 Å². The molecule has 7 heteroatoms. The number of carbonyl (C=O) groups excluding carboxylic acids is 1. The summed E-state index contributed by atoms with van der Waals surface area (Å²) in [6, 6.07) is 18.3. The van der Waals surface area contributed by atoms with E-state index in [9.17, 15) is 17.6 Å². The fraction of sp³-hybridized carbons (Fsp3) is 0.150. The molecule has 27 heavy (non-hydrogen) atoms. The summed E-state index contributed by atoms with van der Waals surface area (Å²) in [5, 5.41) is 4.42. The largest absolute Gasteiger partial charge is 0.352 e. The van der Waals surface area contributed by atoms with E-state index in [1.54, 1.807) is 24.3 Å². The average molecular weight is 386 g/mol. The molecule has 0 spiro atoms. The maximum atomic E-state index is 13.1. The number of nitrogens with one attached hydrogen (secondary N) is 2. The second-order valence-electron chi connectivity index (χ2n) is 6.06. The molecule has 0 aliphatic heterocycles. The van der Waals surface area contributed by atoms with E-state index < -0.39 is 10.0 Å². The molecule has 0 radical (unpaired) electrons. The van der Waals surface area contributed by atoms with Gasteiger partial charge in [0.15, 0.2) is 0 Å². The Hall–Kier alpha value is -2.77. The van der Waals surface area contributed by atoms with Crippen LogP contribution in [0.15, 0.2) is 71.6 Å². The number of carbonyl (C=O) groups is 1. The Morgan fingerprint density at radius 3 is 2.48 bits per heavy atom. The van der Waals surface area contributed by atoms with Crippen LogP contribution in [-0.2, 0) is 21.4 Å². The second kappa shape index (κ2) is 8.28. The van der Waals surface area contributed by atoms with Gasteiger partial charge in [-0.2, -0.15) is 0 Å². The van der Waals surface area contributed by atoms with Gasteiger partial charge >= 0.3 is 0 Å². The van der Waals surface area contributed by atoms with Crippen molar-refractivity contribution in [3.05, 3.63) is 78.1 Å². The molecule has 3 aromatic rings. The molecule has 3 rings (SSSR count). The highest BCUT2D eigenvalue weighted by atomic mass is 32.2. The summed E-state index contributed by atoms with van der Waals surface area (Å²) in [7, 11) is -3.70. The number of hydrogen-bond acceptors (Lipinski definition) is 3. The van der Waals surface area contributed by atoms with E-state index in [1.165, 1.54) is 18.2 Å². The third-order valence-electron chi connectivity index (χ3n) is 4.05. The lowest BCUT2D eigenvalue weighted by molar-refractivity contribution is -0.121. The highest BCUT2D eigenvalue weighted by Crippen LogP contribution is 2.18. The average Bonchev–Trinajstić information content (AvgIpc) is 2.66. The highest BCUT2D eigenvalue weighted by Gasteiger charge is 2.14. The van der Waals surface area contributed by atoms with E-state index in [4.69, 9.17) is 0 Å². The smallest absolute Gasteiger partial charge is 0.240 e. The summed E-state index contributed by atoms with van der Waals surface area (Å²) in [5.74, 6) is -0.689. The number of benzene rings is 3. The Morgan fingerprint density at radius 2 is 1.70 bits per heavy atom. The van der Waals surface area contributed by atoms with Crippen LogP contribution in [0.5, 0.6) is 0 Å². The number of halogens is 1. The summed E-state index contributed by atoms with van der Waals surface area (Å²) >= 11 is 0. The first-order valence-electron chi connectivity index (χ1n) is 8.44. The first-order valence-corrected chi connectivity index (χ1v) is 9.92. The summed E-state index contributed by atoms with van der Waals surface area (Å²) in [6.07, 6.45) is -0.0118. The van der Waals surface area contributed by atoms with Crippen LogP contribution in [0.4, 0.5) is 4.39 Å². The van der Waals surface area contributed by atoms with Crippen molar-refractivity contribution in [2.45, 2.75) is 17.9 Å². The predicted molar refractivity (Wildman–Crippen MR) is 102 cm³/mol. The molecule has 1 amide bonds. The fourth-order valence-corrected chi connectivity index (χ4v) is 3.72. The number of sulfonamides is 1. The maximum absolute atomic E-state index is 13.1. The minimum absolute atomic E-state index is 0.0118. The SMILES string of the molecule is O=C(CCNS(=O)(=O)c1ccc2ccccc2c1)NCc1cccc(F)c1. The Kier molecular flexibility index (Phi) is 5.83. The van der Waals surface area contributed by atoms with E-state index in [1.807, 2.05) is 24.3 Å². The van der Waals surface area contributed by atoms with Crippen LogP contribution in [0.3, 0.4) is 0 Å². The van der Waals surface area contributed by atoms with Gasteiger partial charge in [0.2, 0.25) is 15.9 Å². The lowest BCUT2D eigenvalue weighted by Gasteiger charge is -2.09. The molecule has 0 atom stereocenters. The van der Waals surface area contributed by atoms with E-state index in [0.29, 0.717) is 5.56 Å². The Balaban J connectivity index is 1.53. The molecule has 0 saturated heterocycles.